The maximum atomic E-state index is 13.0. The van der Waals surface area contributed by atoms with E-state index < -0.39 is 0 Å². The van der Waals surface area contributed by atoms with Gasteiger partial charge in [-0.15, -0.1) is 0 Å². The first kappa shape index (κ1) is 19.5. The molecule has 0 fully saturated rings. The molecule has 5 nitrogen and oxygen atoms in total. The lowest BCUT2D eigenvalue weighted by Gasteiger charge is -2.15. The Balaban J connectivity index is 1.78. The molecular weight excluding hydrogens is 384 g/mol. The fraction of sp³-hybridized carbons (Fsp3) is 0.261. The average Bonchev–Trinajstić information content (AvgIpc) is 2.68. The van der Waals surface area contributed by atoms with E-state index >= 15 is 0 Å². The molecule has 4 rings (SSSR count). The number of para-hydroxylation sites is 1. The lowest BCUT2D eigenvalue weighted by Crippen LogP contribution is -2.25. The fourth-order valence-corrected chi connectivity index (χ4v) is 4.38. The smallest absolute Gasteiger partial charge is 0.336 e. The van der Waals surface area contributed by atoms with Gasteiger partial charge in [-0.05, 0) is 42.2 Å². The Kier molecular flexibility index (Phi) is 5.28. The molecule has 4 aromatic rings. The Labute approximate surface area is 172 Å². The standard InChI is InChI=1S/C23H22N2O3S/c1-14(2)12-25-22(27)18-6-4-5-7-19(18)24-23(25)29-13-16-11-21(26)28-20-10-15(3)8-9-17(16)20/h4-11,14H,12-13H2,1-3H3. The molecule has 2 aromatic heterocycles. The predicted molar refractivity (Wildman–Crippen MR) is 118 cm³/mol. The fourth-order valence-electron chi connectivity index (χ4n) is 3.38. The van der Waals surface area contributed by atoms with Crippen molar-refractivity contribution in [1.82, 2.24) is 9.55 Å². The summed E-state index contributed by atoms with van der Waals surface area (Å²) >= 11 is 1.47. The molecule has 148 valence electrons. The predicted octanol–water partition coefficient (Wildman–Crippen LogP) is 4.76. The maximum absolute atomic E-state index is 13.0. The third-order valence-electron chi connectivity index (χ3n) is 4.72. The van der Waals surface area contributed by atoms with Crippen LogP contribution in [0.25, 0.3) is 21.9 Å². The zero-order valence-electron chi connectivity index (χ0n) is 16.6. The molecule has 0 N–H and O–H groups in total. The number of rotatable bonds is 5. The van der Waals surface area contributed by atoms with Gasteiger partial charge in [0.05, 0.1) is 10.9 Å². The van der Waals surface area contributed by atoms with E-state index in [0.717, 1.165) is 16.5 Å². The van der Waals surface area contributed by atoms with Crippen LogP contribution in [0.5, 0.6) is 0 Å². The summed E-state index contributed by atoms with van der Waals surface area (Å²) in [5.74, 6) is 0.830. The van der Waals surface area contributed by atoms with Gasteiger partial charge in [-0.2, -0.15) is 0 Å². The third kappa shape index (κ3) is 3.98. The van der Waals surface area contributed by atoms with E-state index in [4.69, 9.17) is 9.40 Å². The van der Waals surface area contributed by atoms with Crippen LogP contribution in [0, 0.1) is 12.8 Å². The van der Waals surface area contributed by atoms with Gasteiger partial charge >= 0.3 is 5.63 Å². The van der Waals surface area contributed by atoms with Gasteiger partial charge in [-0.3, -0.25) is 9.36 Å². The van der Waals surface area contributed by atoms with Crippen molar-refractivity contribution >= 4 is 33.6 Å². The molecule has 2 aromatic carbocycles. The molecule has 29 heavy (non-hydrogen) atoms. The third-order valence-corrected chi connectivity index (χ3v) is 5.74. The zero-order chi connectivity index (χ0) is 20.5. The van der Waals surface area contributed by atoms with Crippen molar-refractivity contribution in [3.8, 4) is 0 Å². The summed E-state index contributed by atoms with van der Waals surface area (Å²) in [4.78, 5) is 29.8. The van der Waals surface area contributed by atoms with Crippen molar-refractivity contribution < 1.29 is 4.42 Å². The van der Waals surface area contributed by atoms with Crippen molar-refractivity contribution in [2.45, 2.75) is 38.2 Å². The molecule has 0 aliphatic rings. The van der Waals surface area contributed by atoms with Gasteiger partial charge in [-0.25, -0.2) is 9.78 Å². The minimum Gasteiger partial charge on any atom is -0.423 e. The minimum atomic E-state index is -0.371. The van der Waals surface area contributed by atoms with Crippen LogP contribution >= 0.6 is 11.8 Å². The van der Waals surface area contributed by atoms with E-state index in [1.54, 1.807) is 4.57 Å². The molecule has 0 radical (unpaired) electrons. The molecular formula is C23H22N2O3S. The number of hydrogen-bond donors (Lipinski definition) is 0. The summed E-state index contributed by atoms with van der Waals surface area (Å²) in [6.07, 6.45) is 0. The van der Waals surface area contributed by atoms with E-state index in [-0.39, 0.29) is 11.2 Å². The van der Waals surface area contributed by atoms with E-state index in [2.05, 4.69) is 13.8 Å². The number of benzene rings is 2. The first-order chi connectivity index (χ1) is 13.9. The zero-order valence-corrected chi connectivity index (χ0v) is 17.5. The Morgan fingerprint density at radius 3 is 2.66 bits per heavy atom. The van der Waals surface area contributed by atoms with Gasteiger partial charge in [0.1, 0.15) is 5.58 Å². The lowest BCUT2D eigenvalue weighted by atomic mass is 10.1. The van der Waals surface area contributed by atoms with E-state index in [1.165, 1.54) is 17.8 Å². The van der Waals surface area contributed by atoms with Crippen LogP contribution in [0.4, 0.5) is 0 Å². The van der Waals surface area contributed by atoms with E-state index in [0.29, 0.717) is 39.9 Å². The highest BCUT2D eigenvalue weighted by molar-refractivity contribution is 7.98. The number of aryl methyl sites for hydroxylation is 1. The van der Waals surface area contributed by atoms with Gasteiger partial charge in [0, 0.05) is 23.8 Å². The van der Waals surface area contributed by atoms with Crippen LogP contribution in [0.3, 0.4) is 0 Å². The van der Waals surface area contributed by atoms with Crippen molar-refractivity contribution in [3.63, 3.8) is 0 Å². The van der Waals surface area contributed by atoms with Gasteiger partial charge in [-0.1, -0.05) is 49.9 Å². The van der Waals surface area contributed by atoms with Crippen LogP contribution in [-0.2, 0) is 12.3 Å². The topological polar surface area (TPSA) is 65.1 Å². The van der Waals surface area contributed by atoms with E-state index in [1.807, 2.05) is 49.4 Å². The van der Waals surface area contributed by atoms with Crippen LogP contribution in [-0.4, -0.2) is 9.55 Å². The normalized spacial score (nSPS) is 11.6. The summed E-state index contributed by atoms with van der Waals surface area (Å²) in [6.45, 7) is 6.71. The van der Waals surface area contributed by atoms with Crippen molar-refractivity contribution in [2.24, 2.45) is 5.92 Å². The number of hydrogen-bond acceptors (Lipinski definition) is 5. The largest absolute Gasteiger partial charge is 0.423 e. The molecule has 0 atom stereocenters. The molecule has 6 heteroatoms. The van der Waals surface area contributed by atoms with Gasteiger partial charge < -0.3 is 4.42 Å². The Morgan fingerprint density at radius 1 is 1.07 bits per heavy atom. The van der Waals surface area contributed by atoms with Crippen molar-refractivity contribution in [2.75, 3.05) is 0 Å². The monoisotopic (exact) mass is 406 g/mol. The molecule has 0 amide bonds. The van der Waals surface area contributed by atoms with Gasteiger partial charge in [0.15, 0.2) is 5.16 Å². The summed E-state index contributed by atoms with van der Waals surface area (Å²) in [6, 6.07) is 14.8. The molecule has 0 saturated heterocycles. The summed E-state index contributed by atoms with van der Waals surface area (Å²) in [5.41, 5.74) is 2.78. The van der Waals surface area contributed by atoms with Crippen molar-refractivity contribution in [1.29, 1.82) is 0 Å². The van der Waals surface area contributed by atoms with Crippen LogP contribution in [0.15, 0.2) is 67.7 Å². The Hall–Kier alpha value is -2.86. The highest BCUT2D eigenvalue weighted by atomic mass is 32.2. The molecule has 0 spiro atoms. The maximum Gasteiger partial charge on any atom is 0.336 e. The SMILES string of the molecule is Cc1ccc2c(CSc3nc4ccccc4c(=O)n3CC(C)C)cc(=O)oc2c1. The first-order valence-corrected chi connectivity index (χ1v) is 10.6. The molecule has 2 heterocycles. The Bertz CT molecular complexity index is 1320. The van der Waals surface area contributed by atoms with Crippen molar-refractivity contribution in [3.05, 3.63) is 80.4 Å². The van der Waals surface area contributed by atoms with Crippen LogP contribution in [0.1, 0.15) is 25.0 Å². The Morgan fingerprint density at radius 2 is 1.86 bits per heavy atom. The van der Waals surface area contributed by atoms with Gasteiger partial charge in [0.2, 0.25) is 0 Å². The quantitative estimate of drug-likeness (QED) is 0.272. The van der Waals surface area contributed by atoms with E-state index in [9.17, 15) is 9.59 Å². The minimum absolute atomic E-state index is 0.0279. The summed E-state index contributed by atoms with van der Waals surface area (Å²) in [5, 5.41) is 2.19. The molecule has 0 aliphatic heterocycles. The highest BCUT2D eigenvalue weighted by Gasteiger charge is 2.14. The molecule has 0 bridgehead atoms. The highest BCUT2D eigenvalue weighted by Crippen LogP contribution is 2.27. The van der Waals surface area contributed by atoms with Gasteiger partial charge in [0.25, 0.3) is 5.56 Å². The second-order valence-corrected chi connectivity index (χ2v) is 8.54. The molecule has 0 saturated carbocycles. The number of fused-ring (bicyclic) bond motifs is 2. The first-order valence-electron chi connectivity index (χ1n) is 9.58. The number of nitrogens with zero attached hydrogens (tertiary/aromatic N) is 2. The summed E-state index contributed by atoms with van der Waals surface area (Å²) < 4.78 is 7.10. The average molecular weight is 407 g/mol. The number of aromatic nitrogens is 2. The molecule has 0 unspecified atom stereocenters. The lowest BCUT2D eigenvalue weighted by molar-refractivity contribution is 0.475. The molecule has 0 aliphatic carbocycles. The van der Waals surface area contributed by atoms with Crippen LogP contribution < -0.4 is 11.2 Å². The second-order valence-electron chi connectivity index (χ2n) is 7.60. The summed E-state index contributed by atoms with van der Waals surface area (Å²) in [7, 11) is 0. The van der Waals surface area contributed by atoms with Crippen LogP contribution in [0.2, 0.25) is 0 Å². The number of thioether (sulfide) groups is 1. The second kappa shape index (κ2) is 7.87.